The zero-order valence-corrected chi connectivity index (χ0v) is 12.8. The van der Waals surface area contributed by atoms with Gasteiger partial charge >= 0.3 is 0 Å². The zero-order chi connectivity index (χ0) is 15.3. The summed E-state index contributed by atoms with van der Waals surface area (Å²) in [6.07, 6.45) is 3.52. The van der Waals surface area contributed by atoms with Crippen molar-refractivity contribution in [2.75, 3.05) is 13.2 Å². The number of ether oxygens (including phenoxy) is 6. The van der Waals surface area contributed by atoms with Gasteiger partial charge in [-0.3, -0.25) is 0 Å². The largest absolute Gasteiger partial charge is 0.360 e. The van der Waals surface area contributed by atoms with Crippen LogP contribution in [0.5, 0.6) is 0 Å². The summed E-state index contributed by atoms with van der Waals surface area (Å²) in [6.45, 7) is 8.02. The second-order valence-electron chi connectivity index (χ2n) is 6.42. The van der Waals surface area contributed by atoms with E-state index in [9.17, 15) is 0 Å². The van der Waals surface area contributed by atoms with E-state index in [4.69, 9.17) is 34.8 Å². The summed E-state index contributed by atoms with van der Waals surface area (Å²) in [7, 11) is 0. The van der Waals surface area contributed by atoms with E-state index in [0.29, 0.717) is 6.61 Å². The second kappa shape index (κ2) is 5.20. The van der Waals surface area contributed by atoms with Crippen LogP contribution in [0.25, 0.3) is 0 Å². The quantitative estimate of drug-likeness (QED) is 0.710. The van der Waals surface area contributed by atoms with E-state index < -0.39 is 17.9 Å². The van der Waals surface area contributed by atoms with Crippen LogP contribution in [0, 0.1) is 12.3 Å². The maximum absolute atomic E-state index is 5.99. The van der Waals surface area contributed by atoms with Gasteiger partial charge in [-0.25, -0.2) is 0 Å². The molecule has 21 heavy (non-hydrogen) atoms. The van der Waals surface area contributed by atoms with Gasteiger partial charge in [0.05, 0.1) is 6.61 Å². The SMILES string of the molecule is C#CCO[C@@H]1[C@H]2OC(C)(C)O[C@H]2O[C@@H]2COC(C)(C)O[C@@H]12. The summed E-state index contributed by atoms with van der Waals surface area (Å²) in [5, 5.41) is 0. The molecule has 0 aromatic carbocycles. The van der Waals surface area contributed by atoms with Crippen molar-refractivity contribution in [3.8, 4) is 12.3 Å². The summed E-state index contributed by atoms with van der Waals surface area (Å²) in [5.41, 5.74) is 0. The monoisotopic (exact) mass is 298 g/mol. The van der Waals surface area contributed by atoms with E-state index in [1.807, 2.05) is 27.7 Å². The van der Waals surface area contributed by atoms with Crippen LogP contribution in [0.4, 0.5) is 0 Å². The average molecular weight is 298 g/mol. The fourth-order valence-corrected chi connectivity index (χ4v) is 2.99. The van der Waals surface area contributed by atoms with Crippen molar-refractivity contribution in [3.05, 3.63) is 0 Å². The molecule has 3 heterocycles. The lowest BCUT2D eigenvalue weighted by Crippen LogP contribution is -2.64. The van der Waals surface area contributed by atoms with Crippen LogP contribution < -0.4 is 0 Å². The number of hydrogen-bond donors (Lipinski definition) is 0. The van der Waals surface area contributed by atoms with Gasteiger partial charge in [0.1, 0.15) is 31.0 Å². The third-order valence-corrected chi connectivity index (χ3v) is 3.79. The van der Waals surface area contributed by atoms with Gasteiger partial charge in [-0.15, -0.1) is 6.42 Å². The molecule has 6 heteroatoms. The van der Waals surface area contributed by atoms with Crippen molar-refractivity contribution in [2.24, 2.45) is 0 Å². The van der Waals surface area contributed by atoms with Crippen molar-refractivity contribution in [1.29, 1.82) is 0 Å². The Bertz CT molecular complexity index is 438. The molecule has 0 N–H and O–H groups in total. The number of hydrogen-bond acceptors (Lipinski definition) is 6. The highest BCUT2D eigenvalue weighted by Gasteiger charge is 2.58. The molecule has 0 unspecified atom stereocenters. The fraction of sp³-hybridized carbons (Fsp3) is 0.867. The Hall–Kier alpha value is -0.680. The molecule has 0 radical (unpaired) electrons. The van der Waals surface area contributed by atoms with Crippen LogP contribution in [0.15, 0.2) is 0 Å². The fourth-order valence-electron chi connectivity index (χ4n) is 2.99. The van der Waals surface area contributed by atoms with Crippen LogP contribution in [0.3, 0.4) is 0 Å². The van der Waals surface area contributed by atoms with Gasteiger partial charge in [-0.05, 0) is 27.7 Å². The Morgan fingerprint density at radius 3 is 2.52 bits per heavy atom. The molecule has 3 aliphatic rings. The van der Waals surface area contributed by atoms with Gasteiger partial charge in [0.15, 0.2) is 17.9 Å². The number of terminal acetylenes is 1. The van der Waals surface area contributed by atoms with Crippen LogP contribution in [0.2, 0.25) is 0 Å². The first-order valence-electron chi connectivity index (χ1n) is 7.19. The standard InChI is InChI=1S/C15H22O6/c1-6-7-16-11-10-9(8-17-14(2,3)19-10)18-13-12(11)20-15(4,5)21-13/h1,9-13H,7-8H2,2-5H3/t9-,10-,11+,12-,13-/m1/s1. The van der Waals surface area contributed by atoms with Crippen molar-refractivity contribution in [3.63, 3.8) is 0 Å². The predicted molar refractivity (Wildman–Crippen MR) is 72.2 cm³/mol. The van der Waals surface area contributed by atoms with E-state index in [1.165, 1.54) is 0 Å². The van der Waals surface area contributed by atoms with Gasteiger partial charge in [0, 0.05) is 0 Å². The molecule has 6 nitrogen and oxygen atoms in total. The first kappa shape index (κ1) is 15.2. The molecule has 0 aromatic rings. The third-order valence-electron chi connectivity index (χ3n) is 3.79. The molecule has 5 atom stereocenters. The maximum Gasteiger partial charge on any atom is 0.190 e. The molecule has 3 aliphatic heterocycles. The van der Waals surface area contributed by atoms with Gasteiger partial charge in [-0.2, -0.15) is 0 Å². The molecule has 3 rings (SSSR count). The van der Waals surface area contributed by atoms with Gasteiger partial charge in [-0.1, -0.05) is 5.92 Å². The minimum atomic E-state index is -0.725. The van der Waals surface area contributed by atoms with Crippen LogP contribution in [-0.4, -0.2) is 55.5 Å². The van der Waals surface area contributed by atoms with E-state index >= 15 is 0 Å². The van der Waals surface area contributed by atoms with Crippen LogP contribution in [-0.2, 0) is 28.4 Å². The summed E-state index contributed by atoms with van der Waals surface area (Å²) in [4.78, 5) is 0. The lowest BCUT2D eigenvalue weighted by Gasteiger charge is -2.48. The topological polar surface area (TPSA) is 55.4 Å². The normalized spacial score (nSPS) is 43.7. The van der Waals surface area contributed by atoms with Crippen LogP contribution in [0.1, 0.15) is 27.7 Å². The number of rotatable bonds is 2. The summed E-state index contributed by atoms with van der Waals surface area (Å²) in [6, 6.07) is 0. The molecule has 0 aromatic heterocycles. The molecular weight excluding hydrogens is 276 g/mol. The highest BCUT2D eigenvalue weighted by atomic mass is 16.8. The van der Waals surface area contributed by atoms with Crippen molar-refractivity contribution >= 4 is 0 Å². The predicted octanol–water partition coefficient (Wildman–Crippen LogP) is 1.03. The number of fused-ring (bicyclic) bond motifs is 2. The molecular formula is C15H22O6. The van der Waals surface area contributed by atoms with E-state index in [2.05, 4.69) is 5.92 Å². The molecule has 3 saturated heterocycles. The average Bonchev–Trinajstić information content (AvgIpc) is 2.68. The third kappa shape index (κ3) is 2.95. The molecule has 0 bridgehead atoms. The summed E-state index contributed by atoms with van der Waals surface area (Å²) >= 11 is 0. The Morgan fingerprint density at radius 2 is 1.81 bits per heavy atom. The maximum atomic E-state index is 5.99. The molecule has 0 spiro atoms. The highest BCUT2D eigenvalue weighted by Crippen LogP contribution is 2.41. The second-order valence-corrected chi connectivity index (χ2v) is 6.42. The molecule has 118 valence electrons. The van der Waals surface area contributed by atoms with Crippen LogP contribution >= 0.6 is 0 Å². The Morgan fingerprint density at radius 1 is 1.10 bits per heavy atom. The van der Waals surface area contributed by atoms with E-state index in [1.54, 1.807) is 0 Å². The Balaban J connectivity index is 1.83. The smallest absolute Gasteiger partial charge is 0.190 e. The zero-order valence-electron chi connectivity index (χ0n) is 12.8. The summed E-state index contributed by atoms with van der Waals surface area (Å²) in [5.74, 6) is 1.07. The van der Waals surface area contributed by atoms with Crippen molar-refractivity contribution < 1.29 is 28.4 Å². The van der Waals surface area contributed by atoms with Crippen molar-refractivity contribution in [2.45, 2.75) is 70.0 Å². The van der Waals surface area contributed by atoms with E-state index in [0.717, 1.165) is 0 Å². The first-order valence-corrected chi connectivity index (χ1v) is 7.19. The Kier molecular flexibility index (Phi) is 3.77. The minimum absolute atomic E-state index is 0.186. The van der Waals surface area contributed by atoms with Gasteiger partial charge in [0.25, 0.3) is 0 Å². The lowest BCUT2D eigenvalue weighted by molar-refractivity contribution is -0.368. The molecule has 0 saturated carbocycles. The summed E-state index contributed by atoms with van der Waals surface area (Å²) < 4.78 is 35.1. The highest BCUT2D eigenvalue weighted by molar-refractivity contribution is 4.99. The first-order chi connectivity index (χ1) is 9.81. The Labute approximate surface area is 125 Å². The molecule has 0 aliphatic carbocycles. The molecule has 3 fully saturated rings. The minimum Gasteiger partial charge on any atom is -0.360 e. The van der Waals surface area contributed by atoms with Gasteiger partial charge in [0.2, 0.25) is 0 Å². The lowest BCUT2D eigenvalue weighted by atomic mass is 9.97. The van der Waals surface area contributed by atoms with Gasteiger partial charge < -0.3 is 28.4 Å². The van der Waals surface area contributed by atoms with Crippen molar-refractivity contribution in [1.82, 2.24) is 0 Å². The molecule has 0 amide bonds. The van der Waals surface area contributed by atoms with E-state index in [-0.39, 0.29) is 31.0 Å².